The van der Waals surface area contributed by atoms with Crippen LogP contribution < -0.4 is 0 Å². The lowest BCUT2D eigenvalue weighted by Gasteiger charge is -2.18. The minimum atomic E-state index is -1.41. The van der Waals surface area contributed by atoms with Crippen LogP contribution in [-0.4, -0.2) is 0 Å². The number of aryl methyl sites for hydroxylation is 2. The second kappa shape index (κ2) is 5.13. The molecule has 2 aromatic rings. The second-order valence-electron chi connectivity index (χ2n) is 4.36. The average Bonchev–Trinajstić information content (AvgIpc) is 2.28. The zero-order valence-corrected chi connectivity index (χ0v) is 12.4. The highest BCUT2D eigenvalue weighted by molar-refractivity contribution is 6.67. The molecule has 0 unspecified atom stereocenters. The van der Waals surface area contributed by atoms with Crippen LogP contribution in [-0.2, 0) is 3.79 Å². The van der Waals surface area contributed by atoms with Gasteiger partial charge >= 0.3 is 0 Å². The van der Waals surface area contributed by atoms with E-state index in [1.165, 1.54) is 11.1 Å². The molecule has 0 heterocycles. The molecule has 0 saturated carbocycles. The summed E-state index contributed by atoms with van der Waals surface area (Å²) in [6, 6.07) is 13.9. The van der Waals surface area contributed by atoms with Crippen LogP contribution in [0.3, 0.4) is 0 Å². The van der Waals surface area contributed by atoms with E-state index >= 15 is 0 Å². The van der Waals surface area contributed by atoms with Crippen molar-refractivity contribution >= 4 is 34.8 Å². The van der Waals surface area contributed by atoms with E-state index in [0.717, 1.165) is 11.1 Å². The molecule has 2 rings (SSSR count). The first kappa shape index (κ1) is 13.7. The fraction of sp³-hybridized carbons (Fsp3) is 0.200. The molecule has 0 radical (unpaired) electrons. The summed E-state index contributed by atoms with van der Waals surface area (Å²) >= 11 is 18.1. The number of alkyl halides is 3. The average molecular weight is 300 g/mol. The molecule has 0 saturated heterocycles. The molecule has 0 aliphatic carbocycles. The van der Waals surface area contributed by atoms with Gasteiger partial charge in [0.05, 0.1) is 0 Å². The molecule has 18 heavy (non-hydrogen) atoms. The third-order valence-electron chi connectivity index (χ3n) is 2.90. The number of hydrogen-bond acceptors (Lipinski definition) is 0. The summed E-state index contributed by atoms with van der Waals surface area (Å²) in [7, 11) is 0. The summed E-state index contributed by atoms with van der Waals surface area (Å²) < 4.78 is -1.41. The fourth-order valence-corrected chi connectivity index (χ4v) is 2.58. The van der Waals surface area contributed by atoms with E-state index in [0.29, 0.717) is 5.56 Å². The smallest absolute Gasteiger partial charge is 0.0784 e. The Labute approximate surface area is 122 Å². The predicted octanol–water partition coefficient (Wildman–Crippen LogP) is 5.80. The van der Waals surface area contributed by atoms with Gasteiger partial charge in [-0.25, -0.2) is 0 Å². The molecule has 0 aliphatic heterocycles. The third-order valence-corrected chi connectivity index (χ3v) is 3.52. The van der Waals surface area contributed by atoms with Crippen LogP contribution in [0.25, 0.3) is 11.1 Å². The van der Waals surface area contributed by atoms with Crippen molar-refractivity contribution in [3.05, 3.63) is 59.2 Å². The van der Waals surface area contributed by atoms with Crippen molar-refractivity contribution in [3.8, 4) is 11.1 Å². The van der Waals surface area contributed by atoms with Crippen LogP contribution in [0.5, 0.6) is 0 Å². The minimum Gasteiger partial charge on any atom is -0.0784 e. The molecule has 0 N–H and O–H groups in total. The van der Waals surface area contributed by atoms with Crippen LogP contribution in [0.2, 0.25) is 0 Å². The van der Waals surface area contributed by atoms with E-state index in [1.54, 1.807) is 0 Å². The van der Waals surface area contributed by atoms with Gasteiger partial charge in [0.1, 0.15) is 0 Å². The summed E-state index contributed by atoms with van der Waals surface area (Å²) in [6.07, 6.45) is 0. The lowest BCUT2D eigenvalue weighted by Crippen LogP contribution is -2.03. The predicted molar refractivity (Wildman–Crippen MR) is 80.6 cm³/mol. The van der Waals surface area contributed by atoms with Crippen molar-refractivity contribution in [3.63, 3.8) is 0 Å². The first-order valence-electron chi connectivity index (χ1n) is 5.63. The third kappa shape index (κ3) is 2.83. The quantitative estimate of drug-likeness (QED) is 0.584. The number of rotatable bonds is 1. The Bertz CT molecular complexity index is 568. The summed E-state index contributed by atoms with van der Waals surface area (Å²) in [4.78, 5) is 0. The monoisotopic (exact) mass is 298 g/mol. The Balaban J connectivity index is 2.64. The van der Waals surface area contributed by atoms with Crippen molar-refractivity contribution in [2.24, 2.45) is 0 Å². The van der Waals surface area contributed by atoms with Gasteiger partial charge in [-0.05, 0) is 30.5 Å². The lowest BCUT2D eigenvalue weighted by molar-refractivity contribution is 1.24. The normalized spacial score (nSPS) is 11.6. The highest BCUT2D eigenvalue weighted by Crippen LogP contribution is 2.43. The Morgan fingerprint density at radius 2 is 1.50 bits per heavy atom. The van der Waals surface area contributed by atoms with Crippen LogP contribution in [0.1, 0.15) is 16.7 Å². The van der Waals surface area contributed by atoms with Crippen molar-refractivity contribution in [2.75, 3.05) is 0 Å². The van der Waals surface area contributed by atoms with Gasteiger partial charge in [0.15, 0.2) is 0 Å². The van der Waals surface area contributed by atoms with Gasteiger partial charge in [-0.15, -0.1) is 0 Å². The van der Waals surface area contributed by atoms with Gasteiger partial charge < -0.3 is 0 Å². The van der Waals surface area contributed by atoms with Crippen molar-refractivity contribution in [1.29, 1.82) is 0 Å². The molecule has 3 heteroatoms. The zero-order valence-electron chi connectivity index (χ0n) is 10.2. The summed E-state index contributed by atoms with van der Waals surface area (Å²) in [5.74, 6) is 0. The Kier molecular flexibility index (Phi) is 3.91. The molecule has 0 fully saturated rings. The molecule has 0 spiro atoms. The maximum absolute atomic E-state index is 6.03. The van der Waals surface area contributed by atoms with Crippen LogP contribution in [0.15, 0.2) is 42.5 Å². The standard InChI is InChI=1S/C15H13Cl3/c1-10-7-8-12(11(2)9-10)13-5-3-4-6-14(13)15(16,17)18/h3-9H,1-2H3. The Morgan fingerprint density at radius 3 is 2.11 bits per heavy atom. The zero-order chi connectivity index (χ0) is 13.3. The first-order chi connectivity index (χ1) is 8.39. The van der Waals surface area contributed by atoms with E-state index in [1.807, 2.05) is 24.3 Å². The second-order valence-corrected chi connectivity index (χ2v) is 6.64. The molecular formula is C15H13Cl3. The number of hydrogen-bond donors (Lipinski definition) is 0. The van der Waals surface area contributed by atoms with Gasteiger partial charge in [0.2, 0.25) is 3.79 Å². The molecule has 0 aromatic heterocycles. The Hall–Kier alpha value is -0.690. The SMILES string of the molecule is Cc1ccc(-c2ccccc2C(Cl)(Cl)Cl)c(C)c1. The molecule has 0 nitrogen and oxygen atoms in total. The van der Waals surface area contributed by atoms with E-state index in [-0.39, 0.29) is 0 Å². The van der Waals surface area contributed by atoms with E-state index in [2.05, 4.69) is 32.0 Å². The summed E-state index contributed by atoms with van der Waals surface area (Å²) in [5, 5.41) is 0. The van der Waals surface area contributed by atoms with Gasteiger partial charge in [-0.3, -0.25) is 0 Å². The summed E-state index contributed by atoms with van der Waals surface area (Å²) in [5.41, 5.74) is 5.18. The molecule has 94 valence electrons. The minimum absolute atomic E-state index is 0.710. The largest absolute Gasteiger partial charge is 0.216 e. The van der Waals surface area contributed by atoms with Gasteiger partial charge in [-0.1, -0.05) is 82.8 Å². The van der Waals surface area contributed by atoms with E-state index in [9.17, 15) is 0 Å². The molecular weight excluding hydrogens is 287 g/mol. The van der Waals surface area contributed by atoms with Crippen LogP contribution in [0, 0.1) is 13.8 Å². The van der Waals surface area contributed by atoms with Gasteiger partial charge in [0, 0.05) is 5.56 Å². The van der Waals surface area contributed by atoms with E-state index < -0.39 is 3.79 Å². The molecule has 0 bridgehead atoms. The fourth-order valence-electron chi connectivity index (χ4n) is 2.08. The van der Waals surface area contributed by atoms with Gasteiger partial charge in [-0.2, -0.15) is 0 Å². The first-order valence-corrected chi connectivity index (χ1v) is 6.77. The number of benzene rings is 2. The van der Waals surface area contributed by atoms with E-state index in [4.69, 9.17) is 34.8 Å². The van der Waals surface area contributed by atoms with Crippen molar-refractivity contribution < 1.29 is 0 Å². The molecule has 0 aliphatic rings. The maximum Gasteiger partial charge on any atom is 0.216 e. The van der Waals surface area contributed by atoms with Gasteiger partial charge in [0.25, 0.3) is 0 Å². The molecule has 0 amide bonds. The topological polar surface area (TPSA) is 0 Å². The lowest BCUT2D eigenvalue weighted by atomic mass is 9.95. The van der Waals surface area contributed by atoms with Crippen LogP contribution in [0.4, 0.5) is 0 Å². The molecule has 0 atom stereocenters. The maximum atomic E-state index is 6.03. The highest BCUT2D eigenvalue weighted by atomic mass is 35.6. The highest BCUT2D eigenvalue weighted by Gasteiger charge is 2.26. The van der Waals surface area contributed by atoms with Crippen molar-refractivity contribution in [2.45, 2.75) is 17.6 Å². The van der Waals surface area contributed by atoms with Crippen molar-refractivity contribution in [1.82, 2.24) is 0 Å². The molecule has 2 aromatic carbocycles. The number of halogens is 3. The summed E-state index contributed by atoms with van der Waals surface area (Å²) in [6.45, 7) is 4.13. The Morgan fingerprint density at radius 1 is 0.833 bits per heavy atom. The van der Waals surface area contributed by atoms with Crippen LogP contribution >= 0.6 is 34.8 Å².